The van der Waals surface area contributed by atoms with E-state index in [2.05, 4.69) is 33.9 Å². The van der Waals surface area contributed by atoms with Gasteiger partial charge in [0, 0.05) is 6.10 Å². The zero-order valence-electron chi connectivity index (χ0n) is 15.3. The van der Waals surface area contributed by atoms with Gasteiger partial charge in [-0.25, -0.2) is 0 Å². The largest absolute Gasteiger partial charge is 0.414 e. The lowest BCUT2D eigenvalue weighted by Crippen LogP contribution is -2.43. The van der Waals surface area contributed by atoms with Crippen molar-refractivity contribution in [2.75, 3.05) is 6.61 Å². The second-order valence-electron chi connectivity index (χ2n) is 7.57. The maximum absolute atomic E-state index is 12.1. The number of hydrogen-bond donors (Lipinski definition) is 0. The van der Waals surface area contributed by atoms with E-state index in [1.807, 2.05) is 13.8 Å². The van der Waals surface area contributed by atoms with Crippen LogP contribution in [0.25, 0.3) is 0 Å². The smallest absolute Gasteiger partial charge is 0.296 e. The average Bonchev–Trinajstić information content (AvgIpc) is 2.36. The molecule has 0 heterocycles. The molecule has 0 aliphatic rings. The molecule has 0 radical (unpaired) electrons. The minimum atomic E-state index is -3.69. The molecule has 1 aromatic rings. The Morgan fingerprint density at radius 3 is 2.13 bits per heavy atom. The lowest BCUT2D eigenvalue weighted by molar-refractivity contribution is 0.163. The second-order valence-corrected chi connectivity index (χ2v) is 13.9. The molecule has 0 unspecified atom stereocenters. The highest BCUT2D eigenvalue weighted by Gasteiger charge is 2.38. The Morgan fingerprint density at radius 1 is 1.13 bits per heavy atom. The van der Waals surface area contributed by atoms with Crippen LogP contribution < -0.4 is 0 Å². The lowest BCUT2D eigenvalue weighted by atomic mass is 10.2. The zero-order valence-corrected chi connectivity index (χ0v) is 17.2. The Morgan fingerprint density at radius 2 is 1.65 bits per heavy atom. The average molecular weight is 359 g/mol. The van der Waals surface area contributed by atoms with Crippen LogP contribution in [-0.4, -0.2) is 29.4 Å². The van der Waals surface area contributed by atoms with Crippen molar-refractivity contribution in [3.63, 3.8) is 0 Å². The van der Waals surface area contributed by atoms with Gasteiger partial charge >= 0.3 is 0 Å². The first kappa shape index (κ1) is 20.4. The summed E-state index contributed by atoms with van der Waals surface area (Å²) in [5.41, 5.74) is 1.01. The van der Waals surface area contributed by atoms with Gasteiger partial charge < -0.3 is 4.43 Å². The van der Waals surface area contributed by atoms with Crippen molar-refractivity contribution in [3.05, 3.63) is 29.8 Å². The number of rotatable bonds is 7. The third-order valence-corrected chi connectivity index (χ3v) is 10.3. The summed E-state index contributed by atoms with van der Waals surface area (Å²) >= 11 is 0. The van der Waals surface area contributed by atoms with Crippen molar-refractivity contribution in [2.45, 2.75) is 70.2 Å². The number of aryl methyl sites for hydroxylation is 1. The fraction of sp³-hybridized carbons (Fsp3) is 0.647. The van der Waals surface area contributed by atoms with Gasteiger partial charge in [0.05, 0.1) is 11.5 Å². The number of hydrogen-bond acceptors (Lipinski definition) is 4. The topological polar surface area (TPSA) is 52.6 Å². The summed E-state index contributed by atoms with van der Waals surface area (Å²) in [7, 11) is -5.53. The molecule has 0 spiro atoms. The summed E-state index contributed by atoms with van der Waals surface area (Å²) in [4.78, 5) is 0.195. The van der Waals surface area contributed by atoms with E-state index >= 15 is 0 Å². The molecule has 0 N–H and O–H groups in total. The van der Waals surface area contributed by atoms with E-state index in [9.17, 15) is 8.42 Å². The van der Waals surface area contributed by atoms with Gasteiger partial charge in [-0.2, -0.15) is 8.42 Å². The molecule has 1 rings (SSSR count). The highest BCUT2D eigenvalue weighted by Crippen LogP contribution is 2.37. The van der Waals surface area contributed by atoms with Gasteiger partial charge in [-0.1, -0.05) is 38.5 Å². The Kier molecular flexibility index (Phi) is 6.61. The first-order valence-corrected chi connectivity index (χ1v) is 12.3. The van der Waals surface area contributed by atoms with E-state index in [0.29, 0.717) is 6.42 Å². The Hall–Kier alpha value is -0.693. The predicted molar refractivity (Wildman–Crippen MR) is 96.7 cm³/mol. The molecular formula is C17H30O4SSi. The van der Waals surface area contributed by atoms with Gasteiger partial charge in [-0.3, -0.25) is 4.18 Å². The van der Waals surface area contributed by atoms with Crippen molar-refractivity contribution in [2.24, 2.45) is 0 Å². The Balaban J connectivity index is 2.54. The van der Waals surface area contributed by atoms with Crippen LogP contribution in [-0.2, 0) is 18.7 Å². The maximum Gasteiger partial charge on any atom is 0.296 e. The van der Waals surface area contributed by atoms with Gasteiger partial charge in [-0.15, -0.1) is 0 Å². The van der Waals surface area contributed by atoms with E-state index in [-0.39, 0.29) is 22.6 Å². The van der Waals surface area contributed by atoms with E-state index in [1.54, 1.807) is 24.3 Å². The summed E-state index contributed by atoms with van der Waals surface area (Å²) < 4.78 is 35.6. The van der Waals surface area contributed by atoms with Crippen LogP contribution in [0.4, 0.5) is 0 Å². The number of benzene rings is 1. The van der Waals surface area contributed by atoms with Crippen LogP contribution >= 0.6 is 0 Å². The third kappa shape index (κ3) is 6.03. The van der Waals surface area contributed by atoms with E-state index in [0.717, 1.165) is 5.56 Å². The molecule has 0 saturated carbocycles. The highest BCUT2D eigenvalue weighted by atomic mass is 32.2. The van der Waals surface area contributed by atoms with Gasteiger partial charge in [0.1, 0.15) is 0 Å². The SMILES string of the molecule is Cc1ccc(S(=O)(=O)OCC[C@H](C)O[Si](C)(C)C(C)(C)C)cc1. The quantitative estimate of drug-likeness (QED) is 0.532. The summed E-state index contributed by atoms with van der Waals surface area (Å²) in [5, 5.41) is 0.135. The normalized spacial score (nSPS) is 14.7. The van der Waals surface area contributed by atoms with Gasteiger partial charge in [-0.05, 0) is 50.5 Å². The fourth-order valence-corrected chi connectivity index (χ4v) is 4.23. The molecule has 132 valence electrons. The maximum atomic E-state index is 12.1. The van der Waals surface area contributed by atoms with Gasteiger partial charge in [0.15, 0.2) is 8.32 Å². The Bertz CT molecular complexity index is 600. The second kappa shape index (κ2) is 7.47. The highest BCUT2D eigenvalue weighted by molar-refractivity contribution is 7.86. The molecule has 1 atom stereocenters. The van der Waals surface area contributed by atoms with Crippen molar-refractivity contribution in [1.82, 2.24) is 0 Å². The molecule has 4 nitrogen and oxygen atoms in total. The van der Waals surface area contributed by atoms with Crippen molar-refractivity contribution in [1.29, 1.82) is 0 Å². The first-order chi connectivity index (χ1) is 10.3. The van der Waals surface area contributed by atoms with E-state index in [1.165, 1.54) is 0 Å². The molecule has 0 bridgehead atoms. The molecule has 0 aliphatic carbocycles. The standard InChI is InChI=1S/C17H30O4SSi/c1-14-8-10-16(11-9-14)22(18,19)20-13-12-15(2)21-23(6,7)17(3,4)5/h8-11,15H,12-13H2,1-7H3/t15-/m0/s1. The molecule has 0 fully saturated rings. The monoisotopic (exact) mass is 358 g/mol. The predicted octanol–water partition coefficient (Wildman–Crippen LogP) is 4.50. The summed E-state index contributed by atoms with van der Waals surface area (Å²) in [6, 6.07) is 6.67. The molecule has 6 heteroatoms. The van der Waals surface area contributed by atoms with Crippen LogP contribution in [0.5, 0.6) is 0 Å². The fourth-order valence-electron chi connectivity index (χ4n) is 1.84. The van der Waals surface area contributed by atoms with Crippen LogP contribution in [0.15, 0.2) is 29.2 Å². The van der Waals surface area contributed by atoms with E-state index < -0.39 is 18.4 Å². The van der Waals surface area contributed by atoms with Crippen LogP contribution in [0.3, 0.4) is 0 Å². The summed E-state index contributed by atoms with van der Waals surface area (Å²) in [6.45, 7) is 14.9. The van der Waals surface area contributed by atoms with Crippen molar-refractivity contribution >= 4 is 18.4 Å². The lowest BCUT2D eigenvalue weighted by Gasteiger charge is -2.38. The molecule has 0 aliphatic heterocycles. The van der Waals surface area contributed by atoms with Crippen LogP contribution in [0, 0.1) is 6.92 Å². The summed E-state index contributed by atoms with van der Waals surface area (Å²) in [5.74, 6) is 0. The minimum Gasteiger partial charge on any atom is -0.414 e. The van der Waals surface area contributed by atoms with Crippen LogP contribution in [0.2, 0.25) is 18.1 Å². The summed E-state index contributed by atoms with van der Waals surface area (Å²) in [6.07, 6.45) is 0.529. The third-order valence-electron chi connectivity index (χ3n) is 4.37. The van der Waals surface area contributed by atoms with E-state index in [4.69, 9.17) is 8.61 Å². The van der Waals surface area contributed by atoms with Gasteiger partial charge in [0.25, 0.3) is 10.1 Å². The molecule has 23 heavy (non-hydrogen) atoms. The molecule has 1 aromatic carbocycles. The Labute approximate surface area is 142 Å². The molecule has 0 aromatic heterocycles. The van der Waals surface area contributed by atoms with Crippen molar-refractivity contribution in [3.8, 4) is 0 Å². The molecule has 0 saturated heterocycles. The first-order valence-electron chi connectivity index (χ1n) is 7.99. The minimum absolute atomic E-state index is 0.0240. The zero-order chi connectivity index (χ0) is 17.9. The molecular weight excluding hydrogens is 328 g/mol. The van der Waals surface area contributed by atoms with Gasteiger partial charge in [0.2, 0.25) is 0 Å². The van der Waals surface area contributed by atoms with Crippen LogP contribution in [0.1, 0.15) is 39.7 Å². The molecule has 0 amide bonds. The van der Waals surface area contributed by atoms with Crippen molar-refractivity contribution < 1.29 is 17.0 Å².